The van der Waals surface area contributed by atoms with E-state index in [1.807, 2.05) is 0 Å². The number of rotatable bonds is 6. The van der Waals surface area contributed by atoms with Gasteiger partial charge in [-0.1, -0.05) is 40.0 Å². The van der Waals surface area contributed by atoms with Crippen molar-refractivity contribution in [3.05, 3.63) is 12.8 Å². The molecule has 0 nitrogen and oxygen atoms in total. The first kappa shape index (κ1) is 10.0. The van der Waals surface area contributed by atoms with Crippen molar-refractivity contribution in [2.75, 3.05) is 0 Å². The summed E-state index contributed by atoms with van der Waals surface area (Å²) in [6.45, 7) is 8.37. The van der Waals surface area contributed by atoms with Crippen molar-refractivity contribution in [2.45, 2.75) is 52.4 Å². The zero-order valence-corrected chi connectivity index (χ0v) is 7.45. The SMILES string of the molecule is [CH2]CC[C](CCC)CCC. The average Bonchev–Trinajstić information content (AvgIpc) is 1.90. The lowest BCUT2D eigenvalue weighted by atomic mass is 9.94. The van der Waals surface area contributed by atoms with Gasteiger partial charge in [-0.25, -0.2) is 0 Å². The van der Waals surface area contributed by atoms with Crippen molar-refractivity contribution in [3.63, 3.8) is 0 Å². The van der Waals surface area contributed by atoms with E-state index in [1.54, 1.807) is 5.92 Å². The lowest BCUT2D eigenvalue weighted by Crippen LogP contribution is -1.95. The molecule has 0 aromatic rings. The van der Waals surface area contributed by atoms with Crippen LogP contribution >= 0.6 is 0 Å². The van der Waals surface area contributed by atoms with E-state index in [9.17, 15) is 0 Å². The Bertz CT molecular complexity index is 42.8. The molecule has 0 rings (SSSR count). The van der Waals surface area contributed by atoms with E-state index in [1.165, 1.54) is 32.1 Å². The lowest BCUT2D eigenvalue weighted by Gasteiger charge is -2.12. The van der Waals surface area contributed by atoms with Crippen molar-refractivity contribution in [3.8, 4) is 0 Å². The molecule has 0 aromatic heterocycles. The second-order valence-electron chi connectivity index (χ2n) is 2.85. The molecule has 0 heteroatoms. The fourth-order valence-electron chi connectivity index (χ4n) is 1.33. The average molecular weight is 140 g/mol. The fraction of sp³-hybridized carbons (Fsp3) is 0.800. The Morgan fingerprint density at radius 2 is 1.50 bits per heavy atom. The zero-order chi connectivity index (χ0) is 7.82. The predicted molar refractivity (Wildman–Crippen MR) is 47.7 cm³/mol. The first-order chi connectivity index (χ1) is 4.85. The van der Waals surface area contributed by atoms with Gasteiger partial charge in [-0.3, -0.25) is 0 Å². The van der Waals surface area contributed by atoms with Gasteiger partial charge in [-0.2, -0.15) is 0 Å². The highest BCUT2D eigenvalue weighted by atomic mass is 14.1. The van der Waals surface area contributed by atoms with Crippen LogP contribution in [0, 0.1) is 12.8 Å². The van der Waals surface area contributed by atoms with E-state index in [0.717, 1.165) is 6.42 Å². The Morgan fingerprint density at radius 3 is 1.80 bits per heavy atom. The smallest absolute Gasteiger partial charge is 0.0241 e. The minimum atomic E-state index is 1.08. The summed E-state index contributed by atoms with van der Waals surface area (Å²) in [5.41, 5.74) is 0. The first-order valence-electron chi connectivity index (χ1n) is 4.47. The van der Waals surface area contributed by atoms with Crippen LogP contribution in [0.15, 0.2) is 0 Å². The van der Waals surface area contributed by atoms with Crippen LogP contribution in [0.25, 0.3) is 0 Å². The Balaban J connectivity index is 3.30. The molecule has 2 radical (unpaired) electrons. The third kappa shape index (κ3) is 4.84. The van der Waals surface area contributed by atoms with Crippen LogP contribution in [0.1, 0.15) is 52.4 Å². The van der Waals surface area contributed by atoms with Crippen LogP contribution in [0.4, 0.5) is 0 Å². The molecule has 0 bridgehead atoms. The van der Waals surface area contributed by atoms with Gasteiger partial charge in [0.2, 0.25) is 0 Å². The maximum Gasteiger partial charge on any atom is -0.0241 e. The summed E-state index contributed by atoms with van der Waals surface area (Å²) in [6.07, 6.45) is 7.58. The van der Waals surface area contributed by atoms with Gasteiger partial charge < -0.3 is 0 Å². The molecular formula is C10H20. The highest BCUT2D eigenvalue weighted by Crippen LogP contribution is 2.20. The Hall–Kier alpha value is 0. The normalized spacial score (nSPS) is 10.8. The van der Waals surface area contributed by atoms with E-state index < -0.39 is 0 Å². The van der Waals surface area contributed by atoms with E-state index in [-0.39, 0.29) is 0 Å². The minimum Gasteiger partial charge on any atom is -0.0654 e. The molecule has 0 spiro atoms. The molecule has 0 amide bonds. The molecule has 0 aliphatic heterocycles. The summed E-state index contributed by atoms with van der Waals surface area (Å²) in [5.74, 6) is 1.72. The van der Waals surface area contributed by atoms with Crippen LogP contribution in [0.5, 0.6) is 0 Å². The summed E-state index contributed by atoms with van der Waals surface area (Å²) in [5, 5.41) is 0. The summed E-state index contributed by atoms with van der Waals surface area (Å²) in [6, 6.07) is 0. The highest BCUT2D eigenvalue weighted by Gasteiger charge is 2.04. The molecule has 60 valence electrons. The van der Waals surface area contributed by atoms with Crippen molar-refractivity contribution in [1.29, 1.82) is 0 Å². The van der Waals surface area contributed by atoms with E-state index in [0.29, 0.717) is 0 Å². The van der Waals surface area contributed by atoms with Gasteiger partial charge in [0.1, 0.15) is 0 Å². The quantitative estimate of drug-likeness (QED) is 0.526. The molecule has 0 aromatic carbocycles. The maximum atomic E-state index is 3.87. The minimum absolute atomic E-state index is 1.08. The molecule has 0 atom stereocenters. The molecule has 0 aliphatic rings. The van der Waals surface area contributed by atoms with Gasteiger partial charge in [0.15, 0.2) is 0 Å². The molecular weight excluding hydrogens is 120 g/mol. The van der Waals surface area contributed by atoms with Gasteiger partial charge in [0, 0.05) is 0 Å². The van der Waals surface area contributed by atoms with Gasteiger partial charge in [-0.05, 0) is 25.2 Å². The van der Waals surface area contributed by atoms with Crippen molar-refractivity contribution in [1.82, 2.24) is 0 Å². The molecule has 0 saturated heterocycles. The predicted octanol–water partition coefficient (Wildman–Crippen LogP) is 3.78. The van der Waals surface area contributed by atoms with E-state index in [2.05, 4.69) is 20.8 Å². The standard InChI is InChI=1S/C10H20/c1-4-7-10(8-5-2)9-6-3/h1,4-9H2,2-3H3. The molecule has 0 N–H and O–H groups in total. The third-order valence-electron chi connectivity index (χ3n) is 1.74. The highest BCUT2D eigenvalue weighted by molar-refractivity contribution is 4.88. The first-order valence-corrected chi connectivity index (χ1v) is 4.47. The molecule has 0 aliphatic carbocycles. The lowest BCUT2D eigenvalue weighted by molar-refractivity contribution is 0.632. The van der Waals surface area contributed by atoms with Crippen molar-refractivity contribution in [2.24, 2.45) is 0 Å². The Morgan fingerprint density at radius 1 is 1.00 bits per heavy atom. The maximum absolute atomic E-state index is 3.87. The van der Waals surface area contributed by atoms with Crippen molar-refractivity contribution < 1.29 is 0 Å². The van der Waals surface area contributed by atoms with Gasteiger partial charge in [0.25, 0.3) is 0 Å². The molecule has 10 heavy (non-hydrogen) atoms. The molecule has 0 fully saturated rings. The topological polar surface area (TPSA) is 0 Å². The molecule has 0 unspecified atom stereocenters. The summed E-state index contributed by atoms with van der Waals surface area (Å²) in [7, 11) is 0. The number of hydrogen-bond donors (Lipinski definition) is 0. The number of hydrogen-bond acceptors (Lipinski definition) is 0. The zero-order valence-electron chi connectivity index (χ0n) is 7.45. The monoisotopic (exact) mass is 140 g/mol. The largest absolute Gasteiger partial charge is 0.0654 e. The second kappa shape index (κ2) is 7.11. The van der Waals surface area contributed by atoms with Gasteiger partial charge in [0.05, 0.1) is 0 Å². The van der Waals surface area contributed by atoms with Crippen LogP contribution in [-0.4, -0.2) is 0 Å². The Kier molecular flexibility index (Phi) is 7.11. The van der Waals surface area contributed by atoms with E-state index >= 15 is 0 Å². The van der Waals surface area contributed by atoms with Crippen LogP contribution in [-0.2, 0) is 0 Å². The summed E-state index contributed by atoms with van der Waals surface area (Å²) >= 11 is 0. The summed E-state index contributed by atoms with van der Waals surface area (Å²) in [4.78, 5) is 0. The van der Waals surface area contributed by atoms with Crippen LogP contribution < -0.4 is 0 Å². The fourth-order valence-corrected chi connectivity index (χ4v) is 1.33. The van der Waals surface area contributed by atoms with Crippen molar-refractivity contribution >= 4 is 0 Å². The van der Waals surface area contributed by atoms with Crippen LogP contribution in [0.3, 0.4) is 0 Å². The van der Waals surface area contributed by atoms with Gasteiger partial charge in [-0.15, -0.1) is 0 Å². The second-order valence-corrected chi connectivity index (χ2v) is 2.85. The molecule has 0 heterocycles. The van der Waals surface area contributed by atoms with E-state index in [4.69, 9.17) is 0 Å². The van der Waals surface area contributed by atoms with Crippen LogP contribution in [0.2, 0.25) is 0 Å². The van der Waals surface area contributed by atoms with Gasteiger partial charge >= 0.3 is 0 Å². The Labute approximate surface area is 66.0 Å². The summed E-state index contributed by atoms with van der Waals surface area (Å²) < 4.78 is 0. The molecule has 0 saturated carbocycles. The third-order valence-corrected chi connectivity index (χ3v) is 1.74.